The van der Waals surface area contributed by atoms with E-state index in [-0.39, 0.29) is 17.5 Å². The number of hydrogen-bond acceptors (Lipinski definition) is 4. The SMILES string of the molecule is C=C(C)C(=O)OCCCCc1ccc(O)c(O)c1. The molecule has 4 heteroatoms. The second kappa shape index (κ2) is 6.69. The van der Waals surface area contributed by atoms with E-state index in [0.29, 0.717) is 12.2 Å². The molecule has 18 heavy (non-hydrogen) atoms. The van der Waals surface area contributed by atoms with Crippen LogP contribution in [0.1, 0.15) is 25.3 Å². The van der Waals surface area contributed by atoms with E-state index in [9.17, 15) is 9.90 Å². The first-order valence-electron chi connectivity index (χ1n) is 5.84. The normalized spacial score (nSPS) is 10.1. The molecule has 0 aliphatic rings. The van der Waals surface area contributed by atoms with Crippen LogP contribution in [0, 0.1) is 0 Å². The summed E-state index contributed by atoms with van der Waals surface area (Å²) >= 11 is 0. The zero-order chi connectivity index (χ0) is 13.5. The van der Waals surface area contributed by atoms with Crippen LogP contribution in [-0.4, -0.2) is 22.8 Å². The van der Waals surface area contributed by atoms with Crippen molar-refractivity contribution in [2.75, 3.05) is 6.61 Å². The molecule has 1 rings (SSSR count). The van der Waals surface area contributed by atoms with E-state index < -0.39 is 0 Å². The Hall–Kier alpha value is -1.97. The van der Waals surface area contributed by atoms with Gasteiger partial charge in [0.1, 0.15) is 0 Å². The summed E-state index contributed by atoms with van der Waals surface area (Å²) in [6.07, 6.45) is 2.35. The molecule has 2 N–H and O–H groups in total. The van der Waals surface area contributed by atoms with Crippen molar-refractivity contribution >= 4 is 5.97 Å². The zero-order valence-corrected chi connectivity index (χ0v) is 10.5. The molecule has 0 aromatic heterocycles. The number of phenolic OH excluding ortho intramolecular Hbond substituents is 2. The van der Waals surface area contributed by atoms with Crippen LogP contribution >= 0.6 is 0 Å². The van der Waals surface area contributed by atoms with E-state index in [1.54, 1.807) is 13.0 Å². The molecule has 4 nitrogen and oxygen atoms in total. The third-order valence-electron chi connectivity index (χ3n) is 2.48. The first kappa shape index (κ1) is 14.1. The summed E-state index contributed by atoms with van der Waals surface area (Å²) in [6, 6.07) is 4.76. The lowest BCUT2D eigenvalue weighted by molar-refractivity contribution is -0.139. The van der Waals surface area contributed by atoms with Crippen LogP contribution in [0.2, 0.25) is 0 Å². The number of rotatable bonds is 6. The Morgan fingerprint density at radius 3 is 2.61 bits per heavy atom. The maximum absolute atomic E-state index is 11.1. The summed E-state index contributed by atoms with van der Waals surface area (Å²) in [7, 11) is 0. The largest absolute Gasteiger partial charge is 0.504 e. The van der Waals surface area contributed by atoms with E-state index in [1.807, 2.05) is 0 Å². The minimum Gasteiger partial charge on any atom is -0.504 e. The molecule has 1 aromatic carbocycles. The third-order valence-corrected chi connectivity index (χ3v) is 2.48. The molecule has 0 unspecified atom stereocenters. The first-order valence-corrected chi connectivity index (χ1v) is 5.84. The van der Waals surface area contributed by atoms with Gasteiger partial charge in [-0.15, -0.1) is 0 Å². The van der Waals surface area contributed by atoms with E-state index in [4.69, 9.17) is 9.84 Å². The highest BCUT2D eigenvalue weighted by atomic mass is 16.5. The molecule has 0 heterocycles. The summed E-state index contributed by atoms with van der Waals surface area (Å²) in [5.74, 6) is -0.590. The molecule has 1 aromatic rings. The van der Waals surface area contributed by atoms with Crippen LogP contribution in [-0.2, 0) is 16.0 Å². The second-order valence-electron chi connectivity index (χ2n) is 4.20. The van der Waals surface area contributed by atoms with Crippen LogP contribution in [0.4, 0.5) is 0 Å². The Bertz CT molecular complexity index is 437. The molecule has 98 valence electrons. The predicted molar refractivity (Wildman–Crippen MR) is 68.5 cm³/mol. The van der Waals surface area contributed by atoms with Gasteiger partial charge in [-0.25, -0.2) is 4.79 Å². The number of hydrogen-bond donors (Lipinski definition) is 2. The molecule has 0 bridgehead atoms. The molecule has 0 aliphatic heterocycles. The number of carbonyl (C=O) groups excluding carboxylic acids is 1. The molecule has 0 fully saturated rings. The molecule has 0 atom stereocenters. The number of esters is 1. The van der Waals surface area contributed by atoms with Crippen molar-refractivity contribution in [2.45, 2.75) is 26.2 Å². The van der Waals surface area contributed by atoms with Crippen molar-refractivity contribution in [3.8, 4) is 11.5 Å². The summed E-state index contributed by atoms with van der Waals surface area (Å²) in [5, 5.41) is 18.5. The second-order valence-corrected chi connectivity index (χ2v) is 4.20. The summed E-state index contributed by atoms with van der Waals surface area (Å²) in [5.41, 5.74) is 1.34. The molecule has 0 saturated carbocycles. The Balaban J connectivity index is 2.24. The number of unbranched alkanes of at least 4 members (excludes halogenated alkanes) is 1. The maximum atomic E-state index is 11.1. The van der Waals surface area contributed by atoms with Gasteiger partial charge in [0, 0.05) is 5.57 Å². The number of phenols is 2. The fourth-order valence-corrected chi connectivity index (χ4v) is 1.44. The summed E-state index contributed by atoms with van der Waals surface area (Å²) in [6.45, 7) is 5.48. The van der Waals surface area contributed by atoms with Gasteiger partial charge in [-0.05, 0) is 43.9 Å². The Kier molecular flexibility index (Phi) is 5.24. The molecule has 0 saturated heterocycles. The lowest BCUT2D eigenvalue weighted by atomic mass is 10.1. The van der Waals surface area contributed by atoms with Gasteiger partial charge in [0.15, 0.2) is 11.5 Å². The van der Waals surface area contributed by atoms with Gasteiger partial charge in [-0.2, -0.15) is 0 Å². The highest BCUT2D eigenvalue weighted by molar-refractivity contribution is 5.86. The quantitative estimate of drug-likeness (QED) is 0.352. The van der Waals surface area contributed by atoms with Crippen molar-refractivity contribution in [3.05, 3.63) is 35.9 Å². The first-order chi connectivity index (χ1) is 8.50. The fraction of sp³-hybridized carbons (Fsp3) is 0.357. The van der Waals surface area contributed by atoms with Crippen LogP contribution in [0.25, 0.3) is 0 Å². The maximum Gasteiger partial charge on any atom is 0.333 e. The van der Waals surface area contributed by atoms with Crippen molar-refractivity contribution < 1.29 is 19.7 Å². The van der Waals surface area contributed by atoms with Crippen molar-refractivity contribution in [2.24, 2.45) is 0 Å². The van der Waals surface area contributed by atoms with Gasteiger partial charge >= 0.3 is 5.97 Å². The predicted octanol–water partition coefficient (Wildman–Crippen LogP) is 2.54. The van der Waals surface area contributed by atoms with Gasteiger partial charge < -0.3 is 14.9 Å². The van der Waals surface area contributed by atoms with E-state index in [0.717, 1.165) is 24.8 Å². The Labute approximate surface area is 107 Å². The number of carbonyl (C=O) groups is 1. The highest BCUT2D eigenvalue weighted by Gasteiger charge is 2.03. The van der Waals surface area contributed by atoms with Gasteiger partial charge in [-0.3, -0.25) is 0 Å². The van der Waals surface area contributed by atoms with Gasteiger partial charge in [-0.1, -0.05) is 12.6 Å². The topological polar surface area (TPSA) is 66.8 Å². The Morgan fingerprint density at radius 1 is 1.28 bits per heavy atom. The van der Waals surface area contributed by atoms with Crippen LogP contribution in [0.3, 0.4) is 0 Å². The average molecular weight is 250 g/mol. The van der Waals surface area contributed by atoms with Crippen LogP contribution in [0.5, 0.6) is 11.5 Å². The van der Waals surface area contributed by atoms with Crippen molar-refractivity contribution in [1.29, 1.82) is 0 Å². The smallest absolute Gasteiger partial charge is 0.333 e. The lowest BCUT2D eigenvalue weighted by Gasteiger charge is -2.05. The monoisotopic (exact) mass is 250 g/mol. The molecule has 0 spiro atoms. The van der Waals surface area contributed by atoms with Crippen molar-refractivity contribution in [3.63, 3.8) is 0 Å². The minimum atomic E-state index is -0.364. The van der Waals surface area contributed by atoms with Crippen molar-refractivity contribution in [1.82, 2.24) is 0 Å². The van der Waals surface area contributed by atoms with Gasteiger partial charge in [0.25, 0.3) is 0 Å². The standard InChI is InChI=1S/C14H18O4/c1-10(2)14(17)18-8-4-3-5-11-6-7-12(15)13(16)9-11/h6-7,9,15-16H,1,3-5,8H2,2H3. The number of ether oxygens (including phenoxy) is 1. The molecular formula is C14H18O4. The van der Waals surface area contributed by atoms with E-state index in [1.165, 1.54) is 12.1 Å². The fourth-order valence-electron chi connectivity index (χ4n) is 1.44. The Morgan fingerprint density at radius 2 is 2.00 bits per heavy atom. The van der Waals surface area contributed by atoms with Gasteiger partial charge in [0.2, 0.25) is 0 Å². The van der Waals surface area contributed by atoms with E-state index >= 15 is 0 Å². The number of benzene rings is 1. The molecule has 0 aliphatic carbocycles. The van der Waals surface area contributed by atoms with E-state index in [2.05, 4.69) is 6.58 Å². The third kappa shape index (κ3) is 4.49. The average Bonchev–Trinajstić information content (AvgIpc) is 2.32. The number of aromatic hydroxyl groups is 2. The zero-order valence-electron chi connectivity index (χ0n) is 10.5. The number of aryl methyl sites for hydroxylation is 1. The summed E-state index contributed by atoms with van der Waals surface area (Å²) in [4.78, 5) is 11.1. The van der Waals surface area contributed by atoms with Gasteiger partial charge in [0.05, 0.1) is 6.61 Å². The van der Waals surface area contributed by atoms with Crippen LogP contribution < -0.4 is 0 Å². The van der Waals surface area contributed by atoms with Crippen LogP contribution in [0.15, 0.2) is 30.4 Å². The minimum absolute atomic E-state index is 0.110. The molecule has 0 amide bonds. The lowest BCUT2D eigenvalue weighted by Crippen LogP contribution is -2.06. The molecular weight excluding hydrogens is 232 g/mol. The highest BCUT2D eigenvalue weighted by Crippen LogP contribution is 2.25. The molecule has 0 radical (unpaired) electrons. The summed E-state index contributed by atoms with van der Waals surface area (Å²) < 4.78 is 4.96.